The van der Waals surface area contributed by atoms with E-state index in [9.17, 15) is 28.2 Å². The third-order valence-corrected chi connectivity index (χ3v) is 5.80. The van der Waals surface area contributed by atoms with Crippen LogP contribution in [0.5, 0.6) is 11.5 Å². The summed E-state index contributed by atoms with van der Waals surface area (Å²) in [5, 5.41) is 19.4. The second-order valence-electron chi connectivity index (χ2n) is 8.29. The molecule has 0 fully saturated rings. The minimum absolute atomic E-state index is 0.0270. The first-order valence-electron chi connectivity index (χ1n) is 11.4. The fraction of sp³-hybridized carbons (Fsp3) is 0.138. The number of ether oxygens (including phenoxy) is 1. The molecule has 0 heterocycles. The molecule has 0 amide bonds. The number of carbonyl (C=O) groups is 1. The van der Waals surface area contributed by atoms with Gasteiger partial charge in [-0.25, -0.2) is 18.0 Å². The van der Waals surface area contributed by atoms with Crippen LogP contribution in [-0.2, 0) is 0 Å². The Morgan fingerprint density at radius 1 is 0.833 bits per heavy atom. The van der Waals surface area contributed by atoms with Crippen molar-refractivity contribution in [2.45, 2.75) is 25.9 Å². The molecule has 4 rings (SSSR count). The zero-order valence-electron chi connectivity index (χ0n) is 19.3. The highest BCUT2D eigenvalue weighted by Gasteiger charge is 2.21. The number of carbonyl (C=O) groups excluding carboxylic acids is 1. The summed E-state index contributed by atoms with van der Waals surface area (Å²) in [5.41, 5.74) is 1.20. The summed E-state index contributed by atoms with van der Waals surface area (Å²) in [5.74, 6) is -4.37. The van der Waals surface area contributed by atoms with Gasteiger partial charge in [-0.2, -0.15) is 0 Å². The molecule has 7 heteroatoms. The number of phenols is 1. The first kappa shape index (κ1) is 25.0. The summed E-state index contributed by atoms with van der Waals surface area (Å²) in [6, 6.07) is 18.5. The molecule has 4 aromatic carbocycles. The van der Waals surface area contributed by atoms with E-state index >= 15 is 0 Å². The summed E-state index contributed by atoms with van der Waals surface area (Å²) in [6.45, 7) is 1.95. The minimum atomic E-state index is -1.34. The van der Waals surface area contributed by atoms with Crippen molar-refractivity contribution >= 4 is 5.97 Å². The van der Waals surface area contributed by atoms with E-state index in [4.69, 9.17) is 4.74 Å². The van der Waals surface area contributed by atoms with Crippen molar-refractivity contribution < 1.29 is 32.9 Å². The monoisotopic (exact) mass is 492 g/mol. The Balaban J connectivity index is 1.51. The number of aliphatic hydroxyl groups excluding tert-OH is 1. The van der Waals surface area contributed by atoms with E-state index in [0.717, 1.165) is 18.6 Å². The molecule has 4 nitrogen and oxygen atoms in total. The smallest absolute Gasteiger partial charge is 0.346 e. The van der Waals surface area contributed by atoms with Crippen molar-refractivity contribution in [2.75, 3.05) is 0 Å². The standard InChI is InChI=1S/C29H23F3O4/c1-2-3-26(34)19-6-4-18(5-7-19)23-14-15-24(28(32)27(23)31)29(35)36-21-11-8-17(9-12-21)22-13-10-20(33)16-25(22)30/h4-16,26,33-34H,2-3H2,1H3. The summed E-state index contributed by atoms with van der Waals surface area (Å²) < 4.78 is 48.9. The lowest BCUT2D eigenvalue weighted by Crippen LogP contribution is -2.12. The normalized spacial score (nSPS) is 11.8. The third-order valence-electron chi connectivity index (χ3n) is 5.80. The number of halogens is 3. The lowest BCUT2D eigenvalue weighted by molar-refractivity contribution is 0.0728. The molecular formula is C29H23F3O4. The van der Waals surface area contributed by atoms with E-state index in [1.165, 1.54) is 42.5 Å². The second-order valence-corrected chi connectivity index (χ2v) is 8.29. The lowest BCUT2D eigenvalue weighted by atomic mass is 9.98. The van der Waals surface area contributed by atoms with Gasteiger partial charge in [-0.3, -0.25) is 0 Å². The molecular weight excluding hydrogens is 469 g/mol. The Labute approximate surface area is 206 Å². The van der Waals surface area contributed by atoms with Crippen LogP contribution in [0.15, 0.2) is 78.9 Å². The number of hydrogen-bond donors (Lipinski definition) is 2. The molecule has 0 radical (unpaired) electrons. The van der Waals surface area contributed by atoms with E-state index in [1.54, 1.807) is 24.3 Å². The van der Waals surface area contributed by atoms with Crippen molar-refractivity contribution in [2.24, 2.45) is 0 Å². The molecule has 1 atom stereocenters. The van der Waals surface area contributed by atoms with E-state index < -0.39 is 35.1 Å². The van der Waals surface area contributed by atoms with Gasteiger partial charge in [-0.15, -0.1) is 0 Å². The summed E-state index contributed by atoms with van der Waals surface area (Å²) in [4.78, 5) is 12.5. The van der Waals surface area contributed by atoms with Crippen LogP contribution >= 0.6 is 0 Å². The van der Waals surface area contributed by atoms with Crippen LogP contribution in [0.4, 0.5) is 13.2 Å². The highest BCUT2D eigenvalue weighted by Crippen LogP contribution is 2.30. The van der Waals surface area contributed by atoms with E-state index in [0.29, 0.717) is 23.1 Å². The van der Waals surface area contributed by atoms with Crippen molar-refractivity contribution in [3.8, 4) is 33.8 Å². The van der Waals surface area contributed by atoms with Crippen LogP contribution in [0.2, 0.25) is 0 Å². The van der Waals surface area contributed by atoms with Crippen molar-refractivity contribution in [1.29, 1.82) is 0 Å². The van der Waals surface area contributed by atoms with Gasteiger partial charge in [-0.05, 0) is 53.4 Å². The van der Waals surface area contributed by atoms with Gasteiger partial charge in [0.15, 0.2) is 11.6 Å². The molecule has 0 aliphatic heterocycles. The fourth-order valence-corrected chi connectivity index (χ4v) is 3.86. The number of aliphatic hydroxyl groups is 1. The van der Waals surface area contributed by atoms with Crippen LogP contribution in [0.25, 0.3) is 22.3 Å². The Kier molecular flexibility index (Phi) is 7.41. The lowest BCUT2D eigenvalue weighted by Gasteiger charge is -2.12. The summed E-state index contributed by atoms with van der Waals surface area (Å²) in [6.07, 6.45) is 0.772. The molecule has 0 bridgehead atoms. The molecule has 0 saturated heterocycles. The Morgan fingerprint density at radius 3 is 2.08 bits per heavy atom. The highest BCUT2D eigenvalue weighted by atomic mass is 19.2. The van der Waals surface area contributed by atoms with Gasteiger partial charge >= 0.3 is 5.97 Å². The van der Waals surface area contributed by atoms with Crippen LogP contribution < -0.4 is 4.74 Å². The predicted molar refractivity (Wildman–Crippen MR) is 130 cm³/mol. The topological polar surface area (TPSA) is 66.8 Å². The molecule has 0 aromatic heterocycles. The average Bonchev–Trinajstić information content (AvgIpc) is 2.86. The minimum Gasteiger partial charge on any atom is -0.508 e. The highest BCUT2D eigenvalue weighted by molar-refractivity contribution is 5.92. The molecule has 2 N–H and O–H groups in total. The van der Waals surface area contributed by atoms with E-state index in [-0.39, 0.29) is 22.6 Å². The molecule has 36 heavy (non-hydrogen) atoms. The van der Waals surface area contributed by atoms with Crippen LogP contribution in [-0.4, -0.2) is 16.2 Å². The first-order chi connectivity index (χ1) is 17.3. The van der Waals surface area contributed by atoms with Crippen molar-refractivity contribution in [3.05, 3.63) is 107 Å². The maximum Gasteiger partial charge on any atom is 0.346 e. The van der Waals surface area contributed by atoms with E-state index in [1.807, 2.05) is 6.92 Å². The van der Waals surface area contributed by atoms with E-state index in [2.05, 4.69) is 0 Å². The fourth-order valence-electron chi connectivity index (χ4n) is 3.86. The largest absolute Gasteiger partial charge is 0.508 e. The average molecular weight is 492 g/mol. The molecule has 0 aliphatic carbocycles. The van der Waals surface area contributed by atoms with Gasteiger partial charge in [-0.1, -0.05) is 55.8 Å². The van der Waals surface area contributed by atoms with Crippen molar-refractivity contribution in [1.82, 2.24) is 0 Å². The number of esters is 1. The third kappa shape index (κ3) is 5.26. The zero-order chi connectivity index (χ0) is 25.8. The Hall–Kier alpha value is -4.10. The SMILES string of the molecule is CCCC(O)c1ccc(-c2ccc(C(=O)Oc3ccc(-c4ccc(O)cc4F)cc3)c(F)c2F)cc1. The van der Waals surface area contributed by atoms with Crippen LogP contribution in [0.1, 0.15) is 41.8 Å². The Morgan fingerprint density at radius 2 is 1.44 bits per heavy atom. The first-order valence-corrected chi connectivity index (χ1v) is 11.4. The van der Waals surface area contributed by atoms with Gasteiger partial charge in [0.2, 0.25) is 0 Å². The number of rotatable bonds is 7. The van der Waals surface area contributed by atoms with Crippen LogP contribution in [0, 0.1) is 17.5 Å². The second kappa shape index (κ2) is 10.7. The van der Waals surface area contributed by atoms with Gasteiger partial charge in [0.05, 0.1) is 11.7 Å². The van der Waals surface area contributed by atoms with Crippen molar-refractivity contribution in [3.63, 3.8) is 0 Å². The number of hydrogen-bond acceptors (Lipinski definition) is 4. The van der Waals surface area contributed by atoms with Gasteiger partial charge in [0, 0.05) is 17.2 Å². The maximum atomic E-state index is 14.8. The number of benzene rings is 4. The van der Waals surface area contributed by atoms with Gasteiger partial charge < -0.3 is 14.9 Å². The summed E-state index contributed by atoms with van der Waals surface area (Å²) in [7, 11) is 0. The zero-order valence-corrected chi connectivity index (χ0v) is 19.3. The molecule has 1 unspecified atom stereocenters. The molecule has 0 spiro atoms. The molecule has 184 valence electrons. The maximum absolute atomic E-state index is 14.8. The Bertz CT molecular complexity index is 1380. The van der Waals surface area contributed by atoms with Gasteiger partial charge in [0.1, 0.15) is 17.3 Å². The quantitative estimate of drug-likeness (QED) is 0.212. The predicted octanol–water partition coefficient (Wildman–Crippen LogP) is 7.20. The molecule has 0 saturated carbocycles. The molecule has 0 aliphatic rings. The molecule has 4 aromatic rings. The summed E-state index contributed by atoms with van der Waals surface area (Å²) >= 11 is 0. The van der Waals surface area contributed by atoms with Gasteiger partial charge in [0.25, 0.3) is 0 Å². The van der Waals surface area contributed by atoms with Crippen LogP contribution in [0.3, 0.4) is 0 Å². The number of phenolic OH excluding ortho intramolecular Hbond substituents is 1. The number of aromatic hydroxyl groups is 1.